The molecule has 1 saturated heterocycles. The number of aromatic nitrogens is 1. The Morgan fingerprint density at radius 3 is 2.85 bits per heavy atom. The molecule has 2 rings (SSSR count). The molecule has 0 bridgehead atoms. The first-order chi connectivity index (χ1) is 9.56. The van der Waals surface area contributed by atoms with Gasteiger partial charge >= 0.3 is 0 Å². The van der Waals surface area contributed by atoms with Gasteiger partial charge in [0, 0.05) is 39.5 Å². The lowest BCUT2D eigenvalue weighted by molar-refractivity contribution is -0.122. The number of nitrogens with one attached hydrogen (secondary N) is 2. The summed E-state index contributed by atoms with van der Waals surface area (Å²) in [6.07, 6.45) is 1.72. The second-order valence-electron chi connectivity index (χ2n) is 5.37. The fourth-order valence-electron chi connectivity index (χ4n) is 2.21. The summed E-state index contributed by atoms with van der Waals surface area (Å²) >= 11 is 0. The zero-order valence-corrected chi connectivity index (χ0v) is 12.0. The van der Waals surface area contributed by atoms with Crippen molar-refractivity contribution >= 4 is 11.6 Å². The summed E-state index contributed by atoms with van der Waals surface area (Å²) in [5, 5.41) is 15.6. The number of hydrogen-bond acceptors (Lipinski definition) is 5. The fraction of sp³-hybridized carbons (Fsp3) is 0.571. The van der Waals surface area contributed by atoms with Crippen LogP contribution in [0.15, 0.2) is 18.3 Å². The van der Waals surface area contributed by atoms with Gasteiger partial charge in [0.1, 0.15) is 0 Å². The number of nitrogens with zero attached hydrogens (tertiary/aromatic N) is 2. The van der Waals surface area contributed by atoms with Crippen LogP contribution in [0.4, 0.5) is 5.69 Å². The van der Waals surface area contributed by atoms with Crippen LogP contribution in [-0.2, 0) is 11.3 Å². The van der Waals surface area contributed by atoms with Gasteiger partial charge in [0.2, 0.25) is 5.91 Å². The molecular formula is C14H22N4O2. The molecule has 0 saturated carbocycles. The molecule has 0 aliphatic carbocycles. The van der Waals surface area contributed by atoms with Crippen LogP contribution in [-0.4, -0.2) is 49.3 Å². The zero-order valence-electron chi connectivity index (χ0n) is 12.0. The number of aliphatic hydroxyl groups excluding tert-OH is 1. The van der Waals surface area contributed by atoms with E-state index in [0.717, 1.165) is 11.4 Å². The van der Waals surface area contributed by atoms with E-state index >= 15 is 0 Å². The number of hydrogen-bond donors (Lipinski definition) is 3. The van der Waals surface area contributed by atoms with E-state index in [0.29, 0.717) is 26.1 Å². The third-order valence-electron chi connectivity index (χ3n) is 3.54. The van der Waals surface area contributed by atoms with Crippen LogP contribution >= 0.6 is 0 Å². The number of amides is 1. The molecule has 1 amide bonds. The Balaban J connectivity index is 1.78. The summed E-state index contributed by atoms with van der Waals surface area (Å²) < 4.78 is 0. The van der Waals surface area contributed by atoms with Gasteiger partial charge in [-0.25, -0.2) is 0 Å². The molecule has 0 unspecified atom stereocenters. The molecule has 1 aromatic rings. The Labute approximate surface area is 119 Å². The minimum absolute atomic E-state index is 0.0130. The van der Waals surface area contributed by atoms with Crippen LogP contribution in [0.25, 0.3) is 0 Å². The van der Waals surface area contributed by atoms with Gasteiger partial charge in [-0.2, -0.15) is 0 Å². The maximum atomic E-state index is 11.8. The van der Waals surface area contributed by atoms with Crippen LogP contribution in [0.1, 0.15) is 12.1 Å². The summed E-state index contributed by atoms with van der Waals surface area (Å²) in [6, 6.07) is 3.88. The van der Waals surface area contributed by atoms with Gasteiger partial charge in [-0.3, -0.25) is 9.78 Å². The van der Waals surface area contributed by atoms with Crippen LogP contribution in [0.5, 0.6) is 0 Å². The van der Waals surface area contributed by atoms with E-state index < -0.39 is 6.10 Å². The van der Waals surface area contributed by atoms with Crippen molar-refractivity contribution in [2.24, 2.45) is 5.92 Å². The van der Waals surface area contributed by atoms with Gasteiger partial charge < -0.3 is 20.6 Å². The van der Waals surface area contributed by atoms with E-state index in [1.54, 1.807) is 6.20 Å². The first-order valence-corrected chi connectivity index (χ1v) is 6.84. The predicted molar refractivity (Wildman–Crippen MR) is 77.4 cm³/mol. The van der Waals surface area contributed by atoms with E-state index in [-0.39, 0.29) is 11.8 Å². The van der Waals surface area contributed by atoms with Crippen LogP contribution < -0.4 is 15.5 Å². The van der Waals surface area contributed by atoms with Gasteiger partial charge in [-0.1, -0.05) is 0 Å². The topological polar surface area (TPSA) is 77.5 Å². The first kappa shape index (κ1) is 14.7. The second-order valence-corrected chi connectivity index (χ2v) is 5.37. The third-order valence-corrected chi connectivity index (χ3v) is 3.54. The number of pyridine rings is 1. The second kappa shape index (κ2) is 6.67. The highest BCUT2D eigenvalue weighted by molar-refractivity contribution is 5.76. The van der Waals surface area contributed by atoms with Crippen molar-refractivity contribution in [2.45, 2.75) is 19.1 Å². The Bertz CT molecular complexity index is 447. The maximum absolute atomic E-state index is 11.8. The number of carbonyl (C=O) groups is 1. The number of anilines is 1. The molecule has 20 heavy (non-hydrogen) atoms. The molecule has 6 nitrogen and oxygen atoms in total. The molecule has 1 fully saturated rings. The van der Waals surface area contributed by atoms with Gasteiger partial charge in [-0.15, -0.1) is 0 Å². The average Bonchev–Trinajstić information content (AvgIpc) is 2.82. The summed E-state index contributed by atoms with van der Waals surface area (Å²) in [4.78, 5) is 18.1. The third kappa shape index (κ3) is 3.91. The molecule has 1 aromatic heterocycles. The van der Waals surface area contributed by atoms with Crippen LogP contribution in [0, 0.1) is 5.92 Å². The molecule has 1 aliphatic heterocycles. The molecule has 3 N–H and O–H groups in total. The number of rotatable bonds is 5. The predicted octanol–water partition coefficient (Wildman–Crippen LogP) is -0.266. The van der Waals surface area contributed by atoms with E-state index in [4.69, 9.17) is 0 Å². The van der Waals surface area contributed by atoms with Crippen molar-refractivity contribution in [1.82, 2.24) is 15.6 Å². The lowest BCUT2D eigenvalue weighted by atomic mass is 10.0. The summed E-state index contributed by atoms with van der Waals surface area (Å²) in [5.41, 5.74) is 1.86. The Hall–Kier alpha value is -1.66. The molecule has 2 heterocycles. The van der Waals surface area contributed by atoms with Crippen molar-refractivity contribution in [3.63, 3.8) is 0 Å². The van der Waals surface area contributed by atoms with Crippen LogP contribution in [0.2, 0.25) is 0 Å². The summed E-state index contributed by atoms with van der Waals surface area (Å²) in [6.45, 7) is 1.69. The van der Waals surface area contributed by atoms with Gasteiger partial charge in [0.05, 0.1) is 30.2 Å². The van der Waals surface area contributed by atoms with Gasteiger partial charge in [0.15, 0.2) is 0 Å². The highest BCUT2D eigenvalue weighted by atomic mass is 16.3. The molecule has 1 aliphatic rings. The molecular weight excluding hydrogens is 256 g/mol. The Morgan fingerprint density at radius 1 is 1.50 bits per heavy atom. The fourth-order valence-corrected chi connectivity index (χ4v) is 2.21. The van der Waals surface area contributed by atoms with E-state index in [1.807, 2.05) is 31.1 Å². The maximum Gasteiger partial charge on any atom is 0.220 e. The van der Waals surface area contributed by atoms with E-state index in [2.05, 4.69) is 15.6 Å². The Kier molecular flexibility index (Phi) is 4.92. The number of aliphatic hydroxyl groups is 1. The average molecular weight is 278 g/mol. The standard InChI is InChI=1S/C14H22N4O2/c1-18(2)12-4-3-11(16-8-12)7-17-14(20)5-10-6-15-9-13(10)19/h3-4,8,10,13,15,19H,5-7,9H2,1-2H3,(H,17,20)/t10-,13-/m1/s1. The smallest absolute Gasteiger partial charge is 0.220 e. The van der Waals surface area contributed by atoms with Gasteiger partial charge in [0.25, 0.3) is 0 Å². The SMILES string of the molecule is CN(C)c1ccc(CNC(=O)C[C@@H]2CNC[C@H]2O)nc1. The van der Waals surface area contributed by atoms with Crippen LogP contribution in [0.3, 0.4) is 0 Å². The molecule has 0 spiro atoms. The molecule has 110 valence electrons. The van der Waals surface area contributed by atoms with E-state index in [1.165, 1.54) is 0 Å². The minimum atomic E-state index is -0.418. The lowest BCUT2D eigenvalue weighted by Crippen LogP contribution is -2.29. The minimum Gasteiger partial charge on any atom is -0.391 e. The van der Waals surface area contributed by atoms with Crippen molar-refractivity contribution in [3.8, 4) is 0 Å². The summed E-state index contributed by atoms with van der Waals surface area (Å²) in [7, 11) is 3.92. The molecule has 2 atom stereocenters. The van der Waals surface area contributed by atoms with E-state index in [9.17, 15) is 9.90 Å². The molecule has 0 radical (unpaired) electrons. The number of carbonyl (C=O) groups excluding carboxylic acids is 1. The van der Waals surface area contributed by atoms with Gasteiger partial charge in [-0.05, 0) is 12.1 Å². The Morgan fingerprint density at radius 2 is 2.30 bits per heavy atom. The van der Waals surface area contributed by atoms with Crippen molar-refractivity contribution in [2.75, 3.05) is 32.1 Å². The highest BCUT2D eigenvalue weighted by Crippen LogP contribution is 2.13. The van der Waals surface area contributed by atoms with Crippen molar-refractivity contribution in [3.05, 3.63) is 24.0 Å². The normalized spacial score (nSPS) is 21.8. The largest absolute Gasteiger partial charge is 0.391 e. The monoisotopic (exact) mass is 278 g/mol. The number of β-amino-alcohol motifs (C(OH)–C–C–N with tert-alkyl or cyclic N) is 1. The molecule has 0 aromatic carbocycles. The van der Waals surface area contributed by atoms with Crippen molar-refractivity contribution in [1.29, 1.82) is 0 Å². The quantitative estimate of drug-likeness (QED) is 0.691. The zero-order chi connectivity index (χ0) is 14.5. The first-order valence-electron chi connectivity index (χ1n) is 6.84. The molecule has 6 heteroatoms. The van der Waals surface area contributed by atoms with Crippen molar-refractivity contribution < 1.29 is 9.90 Å². The summed E-state index contributed by atoms with van der Waals surface area (Å²) in [5.74, 6) is -0.0321. The lowest BCUT2D eigenvalue weighted by Gasteiger charge is -2.14. The highest BCUT2D eigenvalue weighted by Gasteiger charge is 2.26.